The lowest BCUT2D eigenvalue weighted by Gasteiger charge is -2.34. The number of amides is 1. The first-order valence-corrected chi connectivity index (χ1v) is 11.2. The quantitative estimate of drug-likeness (QED) is 0.390. The summed E-state index contributed by atoms with van der Waals surface area (Å²) in [7, 11) is 1.43. The van der Waals surface area contributed by atoms with Crippen molar-refractivity contribution in [2.45, 2.75) is 6.61 Å². The minimum atomic E-state index is -0.575. The van der Waals surface area contributed by atoms with Gasteiger partial charge in [-0.05, 0) is 0 Å². The van der Waals surface area contributed by atoms with Crippen molar-refractivity contribution in [3.63, 3.8) is 0 Å². The van der Waals surface area contributed by atoms with Gasteiger partial charge in [0.05, 0.1) is 29.3 Å². The summed E-state index contributed by atoms with van der Waals surface area (Å²) >= 11 is 2.97. The van der Waals surface area contributed by atoms with Gasteiger partial charge in [0.1, 0.15) is 12.2 Å². The fraction of sp³-hybridized carbons (Fsp3) is 0.316. The zero-order valence-corrected chi connectivity index (χ0v) is 18.2. The molecule has 0 bridgehead atoms. The summed E-state index contributed by atoms with van der Waals surface area (Å²) in [5, 5.41) is 16.3. The summed E-state index contributed by atoms with van der Waals surface area (Å²) in [6.45, 7) is 2.25. The highest BCUT2D eigenvalue weighted by Crippen LogP contribution is 2.36. The number of carbonyl (C=O) groups is 1. The average Bonchev–Trinajstić information content (AvgIpc) is 3.51. The summed E-state index contributed by atoms with van der Waals surface area (Å²) in [6, 6.07) is 2.62. The molecule has 1 aliphatic heterocycles. The van der Waals surface area contributed by atoms with Gasteiger partial charge in [-0.3, -0.25) is 14.9 Å². The second kappa shape index (κ2) is 9.27. The summed E-state index contributed by atoms with van der Waals surface area (Å²) < 4.78 is 11.0. The molecule has 1 aromatic carbocycles. The Balaban J connectivity index is 1.53. The number of carbonyl (C=O) groups excluding carboxylic acids is 1. The Kier molecular flexibility index (Phi) is 6.28. The van der Waals surface area contributed by atoms with E-state index < -0.39 is 10.8 Å². The number of nitro groups is 1. The monoisotopic (exact) mass is 461 g/mol. The van der Waals surface area contributed by atoms with Crippen LogP contribution in [0.1, 0.15) is 16.1 Å². The molecule has 1 amide bonds. The fourth-order valence-corrected chi connectivity index (χ4v) is 4.49. The molecule has 1 aliphatic rings. The van der Waals surface area contributed by atoms with Gasteiger partial charge < -0.3 is 19.3 Å². The van der Waals surface area contributed by atoms with Crippen LogP contribution in [0.25, 0.3) is 0 Å². The first-order chi connectivity index (χ1) is 15.1. The van der Waals surface area contributed by atoms with Gasteiger partial charge in [0, 0.05) is 49.2 Å². The molecule has 1 fully saturated rings. The number of nitrogens with zero attached hydrogens (tertiary/aromatic N) is 5. The van der Waals surface area contributed by atoms with Crippen molar-refractivity contribution >= 4 is 39.4 Å². The molecule has 31 heavy (non-hydrogen) atoms. The standard InChI is InChI=1S/C19H19N5O5S2/c1-28-16-8-14(15(24(26)27)9-17(16)29-10-13-11-30-12-21-13)18(25)22-3-5-23(6-4-22)19-20-2-7-31-19/h2,7-9,11-12H,3-6,10H2,1H3. The summed E-state index contributed by atoms with van der Waals surface area (Å²) in [5.41, 5.74) is 2.04. The predicted molar refractivity (Wildman–Crippen MR) is 116 cm³/mol. The number of ether oxygens (including phenoxy) is 2. The SMILES string of the molecule is COc1cc(C(=O)N2CCN(c3nccs3)CC2)c([N+](=O)[O-])cc1OCc1cscn1. The van der Waals surface area contributed by atoms with E-state index >= 15 is 0 Å². The van der Waals surface area contributed by atoms with E-state index in [4.69, 9.17) is 9.47 Å². The van der Waals surface area contributed by atoms with Crippen LogP contribution in [0.15, 0.2) is 34.6 Å². The highest BCUT2D eigenvalue weighted by molar-refractivity contribution is 7.13. The Bertz CT molecular complexity index is 1050. The van der Waals surface area contributed by atoms with Crippen LogP contribution < -0.4 is 14.4 Å². The van der Waals surface area contributed by atoms with Crippen LogP contribution in [0.5, 0.6) is 11.5 Å². The van der Waals surface area contributed by atoms with Gasteiger partial charge in [-0.15, -0.1) is 22.7 Å². The van der Waals surface area contributed by atoms with Crippen LogP contribution in [-0.2, 0) is 6.61 Å². The lowest BCUT2D eigenvalue weighted by Crippen LogP contribution is -2.48. The molecular formula is C19H19N5O5S2. The summed E-state index contributed by atoms with van der Waals surface area (Å²) in [6.07, 6.45) is 1.74. The van der Waals surface area contributed by atoms with Crippen LogP contribution in [0, 0.1) is 10.1 Å². The Labute approximate surface area is 185 Å². The molecule has 10 nitrogen and oxygen atoms in total. The second-order valence-corrected chi connectivity index (χ2v) is 8.23. The van der Waals surface area contributed by atoms with Crippen LogP contribution in [-0.4, -0.2) is 59.0 Å². The number of rotatable bonds is 7. The van der Waals surface area contributed by atoms with Gasteiger partial charge >= 0.3 is 0 Å². The highest BCUT2D eigenvalue weighted by Gasteiger charge is 2.30. The van der Waals surface area contributed by atoms with E-state index in [2.05, 4.69) is 14.9 Å². The number of thiazole rings is 2. The molecular weight excluding hydrogens is 442 g/mol. The van der Waals surface area contributed by atoms with Crippen molar-refractivity contribution < 1.29 is 19.2 Å². The average molecular weight is 462 g/mol. The maximum absolute atomic E-state index is 13.1. The van der Waals surface area contributed by atoms with E-state index in [1.54, 1.807) is 16.6 Å². The van der Waals surface area contributed by atoms with E-state index in [9.17, 15) is 14.9 Å². The number of nitro benzene ring substituents is 1. The molecule has 4 rings (SSSR count). The number of anilines is 1. The van der Waals surface area contributed by atoms with Crippen LogP contribution in [0.3, 0.4) is 0 Å². The molecule has 0 unspecified atom stereocenters. The Morgan fingerprint density at radius 1 is 1.23 bits per heavy atom. The van der Waals surface area contributed by atoms with Gasteiger partial charge in [-0.1, -0.05) is 0 Å². The van der Waals surface area contributed by atoms with E-state index in [0.717, 1.165) is 5.13 Å². The van der Waals surface area contributed by atoms with Crippen molar-refractivity contribution in [2.75, 3.05) is 38.2 Å². The van der Waals surface area contributed by atoms with Crippen molar-refractivity contribution in [1.82, 2.24) is 14.9 Å². The zero-order chi connectivity index (χ0) is 21.8. The van der Waals surface area contributed by atoms with Crippen LogP contribution in [0.4, 0.5) is 10.8 Å². The van der Waals surface area contributed by atoms with Gasteiger partial charge in [0.15, 0.2) is 16.6 Å². The van der Waals surface area contributed by atoms with Gasteiger partial charge in [0.25, 0.3) is 11.6 Å². The fourth-order valence-electron chi connectivity index (χ4n) is 3.25. The minimum absolute atomic E-state index is 0.0226. The third-order valence-corrected chi connectivity index (χ3v) is 6.29. The van der Waals surface area contributed by atoms with Crippen LogP contribution in [0.2, 0.25) is 0 Å². The summed E-state index contributed by atoms with van der Waals surface area (Å²) in [5.74, 6) is 0.0350. The molecule has 12 heteroatoms. The number of hydrogen-bond donors (Lipinski definition) is 0. The molecule has 3 aromatic rings. The highest BCUT2D eigenvalue weighted by atomic mass is 32.1. The Hall–Kier alpha value is -3.25. The third kappa shape index (κ3) is 4.59. The predicted octanol–water partition coefficient (Wildman–Crippen LogP) is 3.06. The molecule has 1 saturated heterocycles. The van der Waals surface area contributed by atoms with Crippen molar-refractivity contribution in [3.8, 4) is 11.5 Å². The maximum atomic E-state index is 13.1. The third-order valence-electron chi connectivity index (χ3n) is 4.82. The largest absolute Gasteiger partial charge is 0.493 e. The molecule has 0 N–H and O–H groups in total. The lowest BCUT2D eigenvalue weighted by atomic mass is 10.1. The van der Waals surface area contributed by atoms with Crippen LogP contribution >= 0.6 is 22.7 Å². The minimum Gasteiger partial charge on any atom is -0.493 e. The van der Waals surface area contributed by atoms with Gasteiger partial charge in [-0.25, -0.2) is 9.97 Å². The zero-order valence-electron chi connectivity index (χ0n) is 16.6. The number of piperazine rings is 1. The number of methoxy groups -OCH3 is 1. The molecule has 0 spiro atoms. The first kappa shape index (κ1) is 21.0. The summed E-state index contributed by atoms with van der Waals surface area (Å²) in [4.78, 5) is 36.4. The van der Waals surface area contributed by atoms with Crippen molar-refractivity contribution in [3.05, 3.63) is 56.0 Å². The Morgan fingerprint density at radius 2 is 2.03 bits per heavy atom. The molecule has 0 saturated carbocycles. The molecule has 2 aromatic heterocycles. The number of hydrogen-bond acceptors (Lipinski definition) is 10. The van der Waals surface area contributed by atoms with Gasteiger partial charge in [-0.2, -0.15) is 0 Å². The topological polar surface area (TPSA) is 111 Å². The normalized spacial score (nSPS) is 13.8. The smallest absolute Gasteiger partial charge is 0.286 e. The van der Waals surface area contributed by atoms with E-state index in [0.29, 0.717) is 31.9 Å². The van der Waals surface area contributed by atoms with E-state index in [-0.39, 0.29) is 29.4 Å². The van der Waals surface area contributed by atoms with Crippen molar-refractivity contribution in [2.24, 2.45) is 0 Å². The molecule has 0 radical (unpaired) electrons. The second-order valence-electron chi connectivity index (χ2n) is 6.64. The number of benzene rings is 1. The first-order valence-electron chi connectivity index (χ1n) is 9.37. The lowest BCUT2D eigenvalue weighted by molar-refractivity contribution is -0.385. The Morgan fingerprint density at radius 3 is 2.65 bits per heavy atom. The van der Waals surface area contributed by atoms with Crippen molar-refractivity contribution in [1.29, 1.82) is 0 Å². The van der Waals surface area contributed by atoms with E-state index in [1.807, 2.05) is 10.8 Å². The molecule has 0 atom stereocenters. The van der Waals surface area contributed by atoms with E-state index in [1.165, 1.54) is 41.9 Å². The van der Waals surface area contributed by atoms with Gasteiger partial charge in [0.2, 0.25) is 0 Å². The maximum Gasteiger partial charge on any atom is 0.286 e. The molecule has 3 heterocycles. The molecule has 0 aliphatic carbocycles. The molecule has 162 valence electrons. The number of aromatic nitrogens is 2.